The van der Waals surface area contributed by atoms with E-state index in [9.17, 15) is 13.2 Å². The molecule has 0 saturated heterocycles. The summed E-state index contributed by atoms with van der Waals surface area (Å²) in [6, 6.07) is 13.5. The molecular weight excluding hydrogens is 408 g/mol. The second-order valence-corrected chi connectivity index (χ2v) is 8.21. The molecule has 0 saturated carbocycles. The van der Waals surface area contributed by atoms with Gasteiger partial charge in [0.2, 0.25) is 0 Å². The minimum absolute atomic E-state index is 0.108. The molecule has 8 nitrogen and oxygen atoms in total. The van der Waals surface area contributed by atoms with E-state index in [0.717, 1.165) is 5.56 Å². The first-order valence-corrected chi connectivity index (χ1v) is 11.2. The molecule has 0 bridgehead atoms. The van der Waals surface area contributed by atoms with Crippen LogP contribution in [0.3, 0.4) is 0 Å². The predicted octanol–water partition coefficient (Wildman–Crippen LogP) is 3.49. The zero-order valence-electron chi connectivity index (χ0n) is 17.5. The van der Waals surface area contributed by atoms with E-state index in [1.54, 1.807) is 48.4 Å². The number of nitrogens with one attached hydrogen (secondary N) is 1. The van der Waals surface area contributed by atoms with Crippen LogP contribution >= 0.6 is 0 Å². The third-order valence-electron chi connectivity index (χ3n) is 4.15. The molecule has 0 aliphatic heterocycles. The van der Waals surface area contributed by atoms with Gasteiger partial charge >= 0.3 is 16.1 Å². The van der Waals surface area contributed by atoms with Crippen molar-refractivity contribution in [1.82, 2.24) is 4.90 Å². The van der Waals surface area contributed by atoms with Crippen LogP contribution in [0, 0.1) is 0 Å². The van der Waals surface area contributed by atoms with Gasteiger partial charge in [-0.3, -0.25) is 0 Å². The van der Waals surface area contributed by atoms with Gasteiger partial charge in [-0.05, 0) is 43.7 Å². The highest BCUT2D eigenvalue weighted by molar-refractivity contribution is 7.87. The first-order chi connectivity index (χ1) is 14.4. The van der Waals surface area contributed by atoms with Gasteiger partial charge in [-0.1, -0.05) is 24.3 Å². The number of rotatable bonds is 11. The average Bonchev–Trinajstić information content (AvgIpc) is 2.73. The van der Waals surface area contributed by atoms with Gasteiger partial charge in [0.1, 0.15) is 11.5 Å². The molecule has 0 spiro atoms. The highest BCUT2D eigenvalue weighted by Crippen LogP contribution is 2.24. The van der Waals surface area contributed by atoms with E-state index < -0.39 is 10.1 Å². The van der Waals surface area contributed by atoms with Crippen molar-refractivity contribution in [3.63, 3.8) is 0 Å². The summed E-state index contributed by atoms with van der Waals surface area (Å²) in [5, 5.41) is 2.88. The van der Waals surface area contributed by atoms with Gasteiger partial charge in [0.05, 0.1) is 24.7 Å². The van der Waals surface area contributed by atoms with E-state index in [0.29, 0.717) is 37.7 Å². The van der Waals surface area contributed by atoms with Crippen LogP contribution in [-0.2, 0) is 21.4 Å². The number of hydrogen-bond donors (Lipinski definition) is 1. The van der Waals surface area contributed by atoms with Gasteiger partial charge in [0, 0.05) is 20.2 Å². The van der Waals surface area contributed by atoms with Crippen molar-refractivity contribution >= 4 is 21.8 Å². The maximum Gasteiger partial charge on any atom is 0.322 e. The number of ether oxygens (including phenoxy) is 2. The third-order valence-corrected chi connectivity index (χ3v) is 5.31. The van der Waals surface area contributed by atoms with Gasteiger partial charge in [-0.15, -0.1) is 0 Å². The number of nitrogens with zero attached hydrogens (tertiary/aromatic N) is 1. The maximum atomic E-state index is 12.9. The summed E-state index contributed by atoms with van der Waals surface area (Å²) in [5.41, 5.74) is 1.40. The Morgan fingerprint density at radius 2 is 1.77 bits per heavy atom. The van der Waals surface area contributed by atoms with Crippen LogP contribution in [-0.4, -0.2) is 52.0 Å². The van der Waals surface area contributed by atoms with Crippen molar-refractivity contribution in [3.8, 4) is 11.5 Å². The van der Waals surface area contributed by atoms with Crippen LogP contribution in [0.2, 0.25) is 0 Å². The Morgan fingerprint density at radius 3 is 2.40 bits per heavy atom. The Balaban J connectivity index is 2.11. The molecule has 2 amide bonds. The van der Waals surface area contributed by atoms with Gasteiger partial charge in [0.25, 0.3) is 0 Å². The van der Waals surface area contributed by atoms with Crippen molar-refractivity contribution in [2.75, 3.05) is 37.9 Å². The first-order valence-electron chi connectivity index (χ1n) is 9.66. The number of methoxy groups -OCH3 is 1. The Morgan fingerprint density at radius 1 is 1.07 bits per heavy atom. The third kappa shape index (κ3) is 7.23. The van der Waals surface area contributed by atoms with Crippen LogP contribution < -0.4 is 14.2 Å². The van der Waals surface area contributed by atoms with Gasteiger partial charge in [-0.25, -0.2) is 4.79 Å². The Bertz CT molecular complexity index is 915. The van der Waals surface area contributed by atoms with Crippen LogP contribution in [0.15, 0.2) is 48.5 Å². The fraction of sp³-hybridized carbons (Fsp3) is 0.381. The average molecular weight is 437 g/mol. The van der Waals surface area contributed by atoms with Gasteiger partial charge < -0.3 is 23.9 Å². The molecule has 0 atom stereocenters. The predicted molar refractivity (Wildman–Crippen MR) is 115 cm³/mol. The lowest BCUT2D eigenvalue weighted by atomic mass is 10.2. The molecule has 0 radical (unpaired) electrons. The van der Waals surface area contributed by atoms with Crippen LogP contribution in [0.1, 0.15) is 19.4 Å². The molecule has 30 heavy (non-hydrogen) atoms. The van der Waals surface area contributed by atoms with E-state index in [1.165, 1.54) is 6.92 Å². The SMILES string of the molecule is CCOc1ccccc1NC(=O)N(CCOC)Cc1ccc(OS(=O)(=O)CC)cc1. The highest BCUT2D eigenvalue weighted by atomic mass is 32.2. The standard InChI is InChI=1S/C21H28N2O6S/c1-4-28-20-9-7-6-8-19(20)22-21(24)23(14-15-27-3)16-17-10-12-18(13-11-17)29-30(25,26)5-2/h6-13H,4-5,14-16H2,1-3H3,(H,22,24). The van der Waals surface area contributed by atoms with E-state index >= 15 is 0 Å². The number of para-hydroxylation sites is 2. The number of urea groups is 1. The molecule has 2 aromatic rings. The lowest BCUT2D eigenvalue weighted by Crippen LogP contribution is -2.37. The topological polar surface area (TPSA) is 94.2 Å². The molecule has 0 unspecified atom stereocenters. The summed E-state index contributed by atoms with van der Waals surface area (Å²) >= 11 is 0. The fourth-order valence-corrected chi connectivity index (χ4v) is 3.10. The minimum atomic E-state index is -3.58. The largest absolute Gasteiger partial charge is 0.492 e. The fourth-order valence-electron chi connectivity index (χ4n) is 2.58. The lowest BCUT2D eigenvalue weighted by molar-refractivity contribution is 0.152. The number of benzene rings is 2. The second-order valence-electron chi connectivity index (χ2n) is 6.35. The van der Waals surface area contributed by atoms with Crippen molar-refractivity contribution in [2.45, 2.75) is 20.4 Å². The van der Waals surface area contributed by atoms with Gasteiger partial charge in [0.15, 0.2) is 0 Å². The second kappa shape index (κ2) is 11.4. The van der Waals surface area contributed by atoms with Crippen molar-refractivity contribution in [1.29, 1.82) is 0 Å². The van der Waals surface area contributed by atoms with Gasteiger partial charge in [-0.2, -0.15) is 8.42 Å². The number of anilines is 1. The maximum absolute atomic E-state index is 12.9. The molecule has 1 N–H and O–H groups in total. The zero-order chi connectivity index (χ0) is 22.0. The molecule has 9 heteroatoms. The Labute approximate surface area is 177 Å². The molecule has 0 aromatic heterocycles. The van der Waals surface area contributed by atoms with Crippen molar-refractivity contribution in [3.05, 3.63) is 54.1 Å². The van der Waals surface area contributed by atoms with E-state index in [1.807, 2.05) is 19.1 Å². The van der Waals surface area contributed by atoms with Crippen LogP contribution in [0.25, 0.3) is 0 Å². The Kier molecular flexibility index (Phi) is 8.94. The van der Waals surface area contributed by atoms with Crippen molar-refractivity contribution < 1.29 is 26.9 Å². The zero-order valence-corrected chi connectivity index (χ0v) is 18.3. The normalized spacial score (nSPS) is 11.0. The number of hydrogen-bond acceptors (Lipinski definition) is 6. The summed E-state index contributed by atoms with van der Waals surface area (Å²) in [7, 11) is -2.01. The molecule has 0 aliphatic rings. The molecular formula is C21H28N2O6S. The van der Waals surface area contributed by atoms with E-state index in [4.69, 9.17) is 13.7 Å². The quantitative estimate of drug-likeness (QED) is 0.542. The lowest BCUT2D eigenvalue weighted by Gasteiger charge is -2.23. The van der Waals surface area contributed by atoms with Crippen LogP contribution in [0.5, 0.6) is 11.5 Å². The highest BCUT2D eigenvalue weighted by Gasteiger charge is 2.16. The molecule has 164 valence electrons. The van der Waals surface area contributed by atoms with Crippen LogP contribution in [0.4, 0.5) is 10.5 Å². The molecule has 0 fully saturated rings. The summed E-state index contributed by atoms with van der Waals surface area (Å²) in [4.78, 5) is 14.5. The molecule has 0 aliphatic carbocycles. The van der Waals surface area contributed by atoms with E-state index in [2.05, 4.69) is 5.32 Å². The molecule has 2 aromatic carbocycles. The first kappa shape index (κ1) is 23.5. The smallest absolute Gasteiger partial charge is 0.322 e. The van der Waals surface area contributed by atoms with E-state index in [-0.39, 0.29) is 17.5 Å². The number of carbonyl (C=O) groups excluding carboxylic acids is 1. The monoisotopic (exact) mass is 436 g/mol. The van der Waals surface area contributed by atoms with Crippen molar-refractivity contribution in [2.24, 2.45) is 0 Å². The summed E-state index contributed by atoms with van der Waals surface area (Å²) in [5.74, 6) is 0.723. The molecule has 2 rings (SSSR count). The summed E-state index contributed by atoms with van der Waals surface area (Å²) < 4.78 is 38.8. The number of carbonyl (C=O) groups is 1. The summed E-state index contributed by atoms with van der Waals surface area (Å²) in [6.45, 7) is 4.94. The Hall–Kier alpha value is -2.78. The minimum Gasteiger partial charge on any atom is -0.492 e. The summed E-state index contributed by atoms with van der Waals surface area (Å²) in [6.07, 6.45) is 0. The molecule has 0 heterocycles. The number of amides is 2.